The lowest BCUT2D eigenvalue weighted by Crippen LogP contribution is -2.28. The van der Waals surface area contributed by atoms with Crippen molar-refractivity contribution in [3.8, 4) is 0 Å². The van der Waals surface area contributed by atoms with Crippen molar-refractivity contribution in [1.29, 1.82) is 0 Å². The molecule has 0 aliphatic carbocycles. The highest BCUT2D eigenvalue weighted by molar-refractivity contribution is 7.89. The van der Waals surface area contributed by atoms with Gasteiger partial charge in [-0.1, -0.05) is 35.9 Å². The van der Waals surface area contributed by atoms with Gasteiger partial charge in [0.15, 0.2) is 0 Å². The average Bonchev–Trinajstić information content (AvgIpc) is 3.17. The van der Waals surface area contributed by atoms with Crippen molar-refractivity contribution in [1.82, 2.24) is 4.31 Å². The standard InChI is InChI=1S/C19H20ClNO4S/c1-14(17-9-2-3-10-18(17)20)25-19(22)15-7-6-8-16(13-15)26(23,24)21-11-4-5-12-21/h2-3,6-10,13-14H,4-5,11-12H2,1H3/t14-/m0/s1. The lowest BCUT2D eigenvalue weighted by molar-refractivity contribution is 0.0338. The molecule has 1 fully saturated rings. The Morgan fingerprint density at radius 2 is 1.81 bits per heavy atom. The number of esters is 1. The maximum Gasteiger partial charge on any atom is 0.338 e. The third kappa shape index (κ3) is 3.92. The van der Waals surface area contributed by atoms with Gasteiger partial charge >= 0.3 is 5.97 Å². The molecule has 0 radical (unpaired) electrons. The minimum absolute atomic E-state index is 0.110. The van der Waals surface area contributed by atoms with Crippen molar-refractivity contribution in [2.45, 2.75) is 30.8 Å². The fourth-order valence-electron chi connectivity index (χ4n) is 2.96. The topological polar surface area (TPSA) is 63.7 Å². The highest BCUT2D eigenvalue weighted by Crippen LogP contribution is 2.27. The van der Waals surface area contributed by atoms with Crippen LogP contribution in [0.4, 0.5) is 0 Å². The molecule has 0 saturated carbocycles. The summed E-state index contributed by atoms with van der Waals surface area (Å²) in [5.74, 6) is -0.587. The van der Waals surface area contributed by atoms with Crippen LogP contribution in [-0.4, -0.2) is 31.8 Å². The number of sulfonamides is 1. The first-order valence-corrected chi connectivity index (χ1v) is 10.3. The van der Waals surface area contributed by atoms with Crippen molar-refractivity contribution in [2.24, 2.45) is 0 Å². The van der Waals surface area contributed by atoms with Gasteiger partial charge in [0.2, 0.25) is 10.0 Å². The first kappa shape index (κ1) is 18.9. The van der Waals surface area contributed by atoms with Crippen molar-refractivity contribution < 1.29 is 17.9 Å². The Balaban J connectivity index is 1.79. The predicted octanol–water partition coefficient (Wildman–Crippen LogP) is 4.04. The third-order valence-corrected chi connectivity index (χ3v) is 6.64. The number of hydrogen-bond acceptors (Lipinski definition) is 4. The fourth-order valence-corrected chi connectivity index (χ4v) is 4.81. The Labute approximate surface area is 158 Å². The zero-order valence-corrected chi connectivity index (χ0v) is 16.0. The van der Waals surface area contributed by atoms with E-state index in [2.05, 4.69) is 0 Å². The van der Waals surface area contributed by atoms with Crippen molar-refractivity contribution in [3.05, 3.63) is 64.7 Å². The number of ether oxygens (including phenoxy) is 1. The summed E-state index contributed by atoms with van der Waals surface area (Å²) in [5, 5.41) is 0.512. The molecule has 0 N–H and O–H groups in total. The highest BCUT2D eigenvalue weighted by atomic mass is 35.5. The SMILES string of the molecule is C[C@H](OC(=O)c1cccc(S(=O)(=O)N2CCCC2)c1)c1ccccc1Cl. The number of benzene rings is 2. The number of carbonyl (C=O) groups is 1. The third-order valence-electron chi connectivity index (χ3n) is 4.40. The molecule has 0 bridgehead atoms. The van der Waals surface area contributed by atoms with E-state index >= 15 is 0 Å². The molecule has 0 unspecified atom stereocenters. The Morgan fingerprint density at radius 1 is 1.12 bits per heavy atom. The molecule has 1 aliphatic heterocycles. The van der Waals surface area contributed by atoms with E-state index in [-0.39, 0.29) is 10.5 Å². The van der Waals surface area contributed by atoms with Crippen molar-refractivity contribution in [2.75, 3.05) is 13.1 Å². The summed E-state index contributed by atoms with van der Waals surface area (Å²) in [7, 11) is -3.58. The minimum atomic E-state index is -3.58. The number of hydrogen-bond donors (Lipinski definition) is 0. The maximum atomic E-state index is 12.7. The quantitative estimate of drug-likeness (QED) is 0.719. The van der Waals surface area contributed by atoms with Crippen LogP contribution in [0.2, 0.25) is 5.02 Å². The molecular weight excluding hydrogens is 374 g/mol. The molecule has 7 heteroatoms. The second-order valence-electron chi connectivity index (χ2n) is 6.21. The van der Waals surface area contributed by atoms with E-state index in [1.165, 1.54) is 16.4 Å². The van der Waals surface area contributed by atoms with Gasteiger partial charge in [-0.3, -0.25) is 0 Å². The zero-order valence-electron chi connectivity index (χ0n) is 14.4. The fraction of sp³-hybridized carbons (Fsp3) is 0.316. The van der Waals surface area contributed by atoms with E-state index in [9.17, 15) is 13.2 Å². The predicted molar refractivity (Wildman–Crippen MR) is 99.7 cm³/mol. The summed E-state index contributed by atoms with van der Waals surface area (Å²) in [6, 6.07) is 13.1. The summed E-state index contributed by atoms with van der Waals surface area (Å²) < 4.78 is 32.2. The van der Waals surface area contributed by atoms with Crippen LogP contribution in [0.5, 0.6) is 0 Å². The lowest BCUT2D eigenvalue weighted by Gasteiger charge is -2.17. The van der Waals surface area contributed by atoms with Crippen molar-refractivity contribution in [3.63, 3.8) is 0 Å². The molecule has 0 amide bonds. The van der Waals surface area contributed by atoms with E-state index < -0.39 is 22.1 Å². The summed E-state index contributed by atoms with van der Waals surface area (Å²) in [4.78, 5) is 12.6. The van der Waals surface area contributed by atoms with Gasteiger partial charge in [-0.2, -0.15) is 4.31 Å². The Hall–Kier alpha value is -1.89. The molecule has 2 aromatic rings. The molecule has 0 spiro atoms. The highest BCUT2D eigenvalue weighted by Gasteiger charge is 2.28. The smallest absolute Gasteiger partial charge is 0.338 e. The van der Waals surface area contributed by atoms with Gasteiger partial charge in [0.25, 0.3) is 0 Å². The lowest BCUT2D eigenvalue weighted by atomic mass is 10.1. The second kappa shape index (κ2) is 7.78. The summed E-state index contributed by atoms with van der Waals surface area (Å²) in [6.07, 6.45) is 1.17. The van der Waals surface area contributed by atoms with E-state index in [1.54, 1.807) is 37.3 Å². The second-order valence-corrected chi connectivity index (χ2v) is 8.55. The van der Waals surface area contributed by atoms with E-state index in [4.69, 9.17) is 16.3 Å². The Morgan fingerprint density at radius 3 is 2.50 bits per heavy atom. The number of halogens is 1. The largest absolute Gasteiger partial charge is 0.454 e. The van der Waals surface area contributed by atoms with Gasteiger partial charge in [-0.05, 0) is 44.0 Å². The van der Waals surface area contributed by atoms with Gasteiger partial charge < -0.3 is 4.74 Å². The van der Waals surface area contributed by atoms with Crippen LogP contribution in [0.1, 0.15) is 41.8 Å². The van der Waals surface area contributed by atoms with E-state index in [1.807, 2.05) is 6.07 Å². The van der Waals surface area contributed by atoms with Gasteiger partial charge in [-0.25, -0.2) is 13.2 Å². The molecular formula is C19H20ClNO4S. The first-order valence-electron chi connectivity index (χ1n) is 8.45. The van der Waals surface area contributed by atoms with Crippen molar-refractivity contribution >= 4 is 27.6 Å². The Kier molecular flexibility index (Phi) is 5.65. The van der Waals surface area contributed by atoms with Gasteiger partial charge in [0, 0.05) is 23.7 Å². The van der Waals surface area contributed by atoms with Crippen LogP contribution < -0.4 is 0 Å². The monoisotopic (exact) mass is 393 g/mol. The Bertz CT molecular complexity index is 907. The molecule has 3 rings (SSSR count). The van der Waals surface area contributed by atoms with E-state index in [0.717, 1.165) is 12.8 Å². The van der Waals surface area contributed by atoms with Gasteiger partial charge in [-0.15, -0.1) is 0 Å². The number of carbonyl (C=O) groups excluding carboxylic acids is 1. The summed E-state index contributed by atoms with van der Waals surface area (Å²) >= 11 is 6.13. The zero-order chi connectivity index (χ0) is 18.7. The number of rotatable bonds is 5. The molecule has 0 aromatic heterocycles. The molecule has 5 nitrogen and oxygen atoms in total. The molecule has 1 saturated heterocycles. The van der Waals surface area contributed by atoms with Gasteiger partial charge in [0.05, 0.1) is 10.5 Å². The summed E-state index contributed by atoms with van der Waals surface area (Å²) in [6.45, 7) is 2.75. The van der Waals surface area contributed by atoms with Crippen LogP contribution in [0.3, 0.4) is 0 Å². The van der Waals surface area contributed by atoms with E-state index in [0.29, 0.717) is 23.7 Å². The minimum Gasteiger partial charge on any atom is -0.454 e. The van der Waals surface area contributed by atoms with Crippen LogP contribution in [-0.2, 0) is 14.8 Å². The first-order chi connectivity index (χ1) is 12.4. The molecule has 2 aromatic carbocycles. The average molecular weight is 394 g/mol. The molecule has 138 valence electrons. The number of nitrogens with zero attached hydrogens (tertiary/aromatic N) is 1. The van der Waals surface area contributed by atoms with Crippen LogP contribution in [0, 0.1) is 0 Å². The van der Waals surface area contributed by atoms with Crippen LogP contribution in [0.25, 0.3) is 0 Å². The maximum absolute atomic E-state index is 12.7. The van der Waals surface area contributed by atoms with Crippen LogP contribution in [0.15, 0.2) is 53.4 Å². The molecule has 26 heavy (non-hydrogen) atoms. The van der Waals surface area contributed by atoms with Gasteiger partial charge in [0.1, 0.15) is 6.10 Å². The molecule has 1 heterocycles. The summed E-state index contributed by atoms with van der Waals surface area (Å²) in [5.41, 5.74) is 0.896. The normalized spacial score (nSPS) is 16.4. The molecule has 1 atom stereocenters. The van der Waals surface area contributed by atoms with Crippen LogP contribution >= 0.6 is 11.6 Å². The molecule has 1 aliphatic rings.